The molecule has 1 nitrogen and oxygen atoms in total. The van der Waals surface area contributed by atoms with Crippen LogP contribution >= 0.6 is 23.5 Å². The van der Waals surface area contributed by atoms with Gasteiger partial charge in [-0.1, -0.05) is 88.1 Å². The van der Waals surface area contributed by atoms with Crippen LogP contribution in [0.25, 0.3) is 11.1 Å². The Hall–Kier alpha value is -1.37. The predicted octanol–water partition coefficient (Wildman–Crippen LogP) is 10.00. The van der Waals surface area contributed by atoms with Gasteiger partial charge in [0.15, 0.2) is 0 Å². The van der Waals surface area contributed by atoms with E-state index in [9.17, 15) is 5.26 Å². The molecule has 182 valence electrons. The third kappa shape index (κ3) is 6.44. The second-order valence-corrected chi connectivity index (χ2v) is 13.1. The van der Waals surface area contributed by atoms with Crippen molar-refractivity contribution in [3.8, 4) is 17.2 Å². The average molecular weight is 492 g/mol. The maximum absolute atomic E-state index is 9.78. The van der Waals surface area contributed by atoms with Crippen LogP contribution in [-0.4, -0.2) is 11.5 Å². The van der Waals surface area contributed by atoms with Crippen LogP contribution in [0.5, 0.6) is 0 Å². The Kier molecular flexibility index (Phi) is 9.49. The summed E-state index contributed by atoms with van der Waals surface area (Å²) in [5.74, 6) is 4.15. The van der Waals surface area contributed by atoms with E-state index in [0.29, 0.717) is 10.5 Å². The highest BCUT2D eigenvalue weighted by atomic mass is 32.2. The van der Waals surface area contributed by atoms with Crippen LogP contribution in [0, 0.1) is 22.7 Å². The molecule has 1 saturated carbocycles. The molecule has 0 N–H and O–H groups in total. The first kappa shape index (κ1) is 25.7. The molecule has 1 saturated heterocycles. The van der Waals surface area contributed by atoms with Crippen LogP contribution in [0.4, 0.5) is 0 Å². The Bertz CT molecular complexity index is 911. The molecule has 3 heteroatoms. The van der Waals surface area contributed by atoms with Crippen LogP contribution in [0.1, 0.15) is 99.7 Å². The Labute approximate surface area is 216 Å². The van der Waals surface area contributed by atoms with Crippen molar-refractivity contribution in [2.24, 2.45) is 11.3 Å². The zero-order chi connectivity index (χ0) is 23.8. The lowest BCUT2D eigenvalue weighted by atomic mass is 9.67. The Morgan fingerprint density at radius 1 is 0.824 bits per heavy atom. The van der Waals surface area contributed by atoms with Crippen LogP contribution in [0.15, 0.2) is 48.5 Å². The predicted molar refractivity (Wildman–Crippen MR) is 151 cm³/mol. The van der Waals surface area contributed by atoms with E-state index in [1.54, 1.807) is 0 Å². The molecular weight excluding hydrogens is 450 g/mol. The van der Waals surface area contributed by atoms with Crippen LogP contribution in [0.2, 0.25) is 0 Å². The number of hydrogen-bond donors (Lipinski definition) is 0. The highest BCUT2D eigenvalue weighted by molar-refractivity contribution is 8.16. The first-order chi connectivity index (χ1) is 16.7. The van der Waals surface area contributed by atoms with E-state index in [4.69, 9.17) is 0 Å². The summed E-state index contributed by atoms with van der Waals surface area (Å²) in [6.07, 6.45) is 12.0. The van der Waals surface area contributed by atoms with Gasteiger partial charge in [-0.15, -0.1) is 23.5 Å². The van der Waals surface area contributed by atoms with E-state index in [1.807, 2.05) is 0 Å². The topological polar surface area (TPSA) is 23.8 Å². The van der Waals surface area contributed by atoms with E-state index in [-0.39, 0.29) is 5.41 Å². The lowest BCUT2D eigenvalue weighted by molar-refractivity contribution is 0.224. The molecule has 34 heavy (non-hydrogen) atoms. The fourth-order valence-electron chi connectivity index (χ4n) is 5.61. The van der Waals surface area contributed by atoms with Crippen molar-refractivity contribution < 1.29 is 0 Å². The summed E-state index contributed by atoms with van der Waals surface area (Å²) < 4.78 is 0.596. The van der Waals surface area contributed by atoms with Crippen molar-refractivity contribution in [2.75, 3.05) is 11.5 Å². The van der Waals surface area contributed by atoms with Gasteiger partial charge < -0.3 is 0 Å². The summed E-state index contributed by atoms with van der Waals surface area (Å²) in [4.78, 5) is 0. The maximum Gasteiger partial charge on any atom is 0.0751 e. The second-order valence-electron chi connectivity index (χ2n) is 10.5. The van der Waals surface area contributed by atoms with E-state index in [0.717, 1.165) is 38.0 Å². The normalized spacial score (nSPS) is 27.3. The molecule has 0 amide bonds. The number of benzene rings is 2. The Balaban J connectivity index is 1.32. The van der Waals surface area contributed by atoms with Crippen molar-refractivity contribution in [2.45, 2.75) is 88.6 Å². The van der Waals surface area contributed by atoms with Gasteiger partial charge in [-0.25, -0.2) is 0 Å². The van der Waals surface area contributed by atoms with Crippen molar-refractivity contribution in [1.82, 2.24) is 0 Å². The number of rotatable bonds is 9. The summed E-state index contributed by atoms with van der Waals surface area (Å²) in [5, 5.41) is 9.78. The number of thioether (sulfide) groups is 2. The number of hydrogen-bond acceptors (Lipinski definition) is 3. The lowest BCUT2D eigenvalue weighted by Gasteiger charge is -2.35. The van der Waals surface area contributed by atoms with E-state index >= 15 is 0 Å². The van der Waals surface area contributed by atoms with Gasteiger partial charge in [-0.2, -0.15) is 5.26 Å². The molecule has 1 aliphatic heterocycles. The standard InChI is InChI=1S/C31H41NS2/c1-3-5-7-24-21-33-30(34-22-24)29-14-12-26(13-15-29)25-8-10-27(11-9-25)28-16-19-31(23-32,20-17-28)18-6-4-2/h8-15,24,28,30H,3-7,16-22H2,1-2H3. The quantitative estimate of drug-likeness (QED) is 0.348. The molecule has 4 rings (SSSR count). The second kappa shape index (κ2) is 12.5. The molecule has 0 atom stereocenters. The van der Waals surface area contributed by atoms with Crippen molar-refractivity contribution in [1.29, 1.82) is 5.26 Å². The van der Waals surface area contributed by atoms with Gasteiger partial charge in [-0.3, -0.25) is 0 Å². The third-order valence-electron chi connectivity index (χ3n) is 8.02. The summed E-state index contributed by atoms with van der Waals surface area (Å²) in [5.41, 5.74) is 5.49. The molecule has 0 radical (unpaired) electrons. The third-order valence-corrected chi connectivity index (χ3v) is 11.3. The molecule has 2 aromatic rings. The highest BCUT2D eigenvalue weighted by Crippen LogP contribution is 2.47. The summed E-state index contributed by atoms with van der Waals surface area (Å²) in [7, 11) is 0. The number of nitrogens with zero attached hydrogens (tertiary/aromatic N) is 1. The van der Waals surface area contributed by atoms with Crippen LogP contribution in [-0.2, 0) is 0 Å². The summed E-state index contributed by atoms with van der Waals surface area (Å²) in [6.45, 7) is 4.52. The Morgan fingerprint density at radius 2 is 1.38 bits per heavy atom. The van der Waals surface area contributed by atoms with Crippen molar-refractivity contribution in [3.63, 3.8) is 0 Å². The highest BCUT2D eigenvalue weighted by Gasteiger charge is 2.35. The molecule has 2 fully saturated rings. The average Bonchev–Trinajstić information content (AvgIpc) is 2.91. The van der Waals surface area contributed by atoms with E-state index in [1.165, 1.54) is 65.9 Å². The zero-order valence-corrected chi connectivity index (χ0v) is 22.7. The SMILES string of the molecule is CCCCC1CSC(c2ccc(-c3ccc(C4CCC(C#N)(CCCC)CC4)cc3)cc2)SC1. The molecule has 2 aliphatic rings. The van der Waals surface area contributed by atoms with Crippen LogP contribution < -0.4 is 0 Å². The number of nitriles is 1. The molecule has 1 aliphatic carbocycles. The largest absolute Gasteiger partial charge is 0.198 e. The van der Waals surface area contributed by atoms with Gasteiger partial charge in [0, 0.05) is 0 Å². The monoisotopic (exact) mass is 491 g/mol. The van der Waals surface area contributed by atoms with E-state index < -0.39 is 0 Å². The molecular formula is C31H41NS2. The van der Waals surface area contributed by atoms with Gasteiger partial charge in [0.25, 0.3) is 0 Å². The minimum absolute atomic E-state index is 0.0560. The number of unbranched alkanes of at least 4 members (excludes halogenated alkanes) is 2. The fourth-order valence-corrected chi connectivity index (χ4v) is 8.78. The van der Waals surface area contributed by atoms with Crippen LogP contribution in [0.3, 0.4) is 0 Å². The van der Waals surface area contributed by atoms with Gasteiger partial charge in [0.1, 0.15) is 0 Å². The lowest BCUT2D eigenvalue weighted by Crippen LogP contribution is -2.25. The molecule has 0 unspecified atom stereocenters. The summed E-state index contributed by atoms with van der Waals surface area (Å²) in [6, 6.07) is 21.3. The van der Waals surface area contributed by atoms with Gasteiger partial charge in [0.05, 0.1) is 16.1 Å². The van der Waals surface area contributed by atoms with Crippen molar-refractivity contribution >= 4 is 23.5 Å². The Morgan fingerprint density at radius 3 is 1.91 bits per heavy atom. The smallest absolute Gasteiger partial charge is 0.0751 e. The van der Waals surface area contributed by atoms with Gasteiger partial charge >= 0.3 is 0 Å². The van der Waals surface area contributed by atoms with Gasteiger partial charge in [0.2, 0.25) is 0 Å². The van der Waals surface area contributed by atoms with Crippen molar-refractivity contribution in [3.05, 3.63) is 59.7 Å². The molecule has 1 heterocycles. The first-order valence-electron chi connectivity index (χ1n) is 13.5. The fraction of sp³-hybridized carbons (Fsp3) is 0.581. The molecule has 0 aromatic heterocycles. The van der Waals surface area contributed by atoms with Gasteiger partial charge in [-0.05, 0) is 84.1 Å². The first-order valence-corrected chi connectivity index (χ1v) is 15.6. The minimum atomic E-state index is -0.0560. The zero-order valence-electron chi connectivity index (χ0n) is 21.1. The summed E-state index contributed by atoms with van der Waals surface area (Å²) >= 11 is 4.29. The van der Waals surface area contributed by atoms with E-state index in [2.05, 4.69) is 92.0 Å². The molecule has 0 bridgehead atoms. The minimum Gasteiger partial charge on any atom is -0.198 e. The maximum atomic E-state index is 9.78. The molecule has 0 spiro atoms. The molecule has 2 aromatic carbocycles.